The van der Waals surface area contributed by atoms with E-state index in [0.717, 1.165) is 6.42 Å². The van der Waals surface area contributed by atoms with Crippen molar-refractivity contribution in [2.24, 2.45) is 0 Å². The van der Waals surface area contributed by atoms with Gasteiger partial charge < -0.3 is 0 Å². The quantitative estimate of drug-likeness (QED) is 0.625. The molecule has 1 aliphatic rings. The van der Waals surface area contributed by atoms with Crippen LogP contribution < -0.4 is 5.32 Å². The van der Waals surface area contributed by atoms with Crippen molar-refractivity contribution in [1.82, 2.24) is 5.32 Å². The summed E-state index contributed by atoms with van der Waals surface area (Å²) in [6, 6.07) is 0.0114. The number of rotatable bonds is 3. The molecule has 1 saturated heterocycles. The minimum atomic E-state index is -1.74. The number of carbonyl (C=O) groups excluding carboxylic acids is 1. The molecule has 0 aromatic rings. The lowest BCUT2D eigenvalue weighted by atomic mass is 9.93. The van der Waals surface area contributed by atoms with Gasteiger partial charge in [-0.25, -0.2) is 0 Å². The maximum Gasteiger partial charge on any atom is 0.166 e. The summed E-state index contributed by atoms with van der Waals surface area (Å²) < 4.78 is 0. The Bertz CT molecular complexity index is 294. The molecule has 1 N–H and O–H groups in total. The second kappa shape index (κ2) is 4.11. The highest BCUT2D eigenvalue weighted by molar-refractivity contribution is 6.87. The zero-order valence-electron chi connectivity index (χ0n) is 11.3. The molecule has 2 atom stereocenters. The average Bonchev–Trinajstić information content (AvgIpc) is 2.14. The van der Waals surface area contributed by atoms with Crippen molar-refractivity contribution < 1.29 is 4.79 Å². The number of carbonyl (C=O) groups is 1. The van der Waals surface area contributed by atoms with Gasteiger partial charge in [0.2, 0.25) is 0 Å². The van der Waals surface area contributed by atoms with Crippen LogP contribution in [0, 0.1) is 0 Å². The minimum absolute atomic E-state index is 0.0114. The molecule has 4 heteroatoms. The van der Waals surface area contributed by atoms with Crippen LogP contribution in [0.5, 0.6) is 0 Å². The van der Waals surface area contributed by atoms with E-state index >= 15 is 0 Å². The van der Waals surface area contributed by atoms with E-state index < -0.39 is 8.07 Å². The van der Waals surface area contributed by atoms with Gasteiger partial charge >= 0.3 is 0 Å². The molecule has 94 valence electrons. The highest BCUT2D eigenvalue weighted by atomic mass is 35.5. The molecular weight excluding hydrogens is 238 g/mol. The SMILES string of the molecule is C[C@H]1N[C@](CCCl)([Si](C)(C)C(C)(C)C)C1=O. The van der Waals surface area contributed by atoms with Gasteiger partial charge in [0.15, 0.2) is 5.78 Å². The summed E-state index contributed by atoms with van der Waals surface area (Å²) in [5, 5.41) is 3.38. The molecule has 2 nitrogen and oxygen atoms in total. The van der Waals surface area contributed by atoms with Crippen LogP contribution in [0.15, 0.2) is 0 Å². The topological polar surface area (TPSA) is 29.1 Å². The first-order valence-electron chi connectivity index (χ1n) is 5.98. The van der Waals surface area contributed by atoms with Crippen molar-refractivity contribution in [2.45, 2.75) is 63.5 Å². The second-order valence-corrected chi connectivity index (χ2v) is 12.4. The van der Waals surface area contributed by atoms with Gasteiger partial charge in [-0.05, 0) is 18.4 Å². The molecule has 0 aromatic carbocycles. The van der Waals surface area contributed by atoms with Gasteiger partial charge in [0.25, 0.3) is 0 Å². The smallest absolute Gasteiger partial charge is 0.166 e. The van der Waals surface area contributed by atoms with Crippen LogP contribution in [0.4, 0.5) is 0 Å². The Morgan fingerprint density at radius 3 is 2.19 bits per heavy atom. The van der Waals surface area contributed by atoms with Crippen LogP contribution in [0.3, 0.4) is 0 Å². The van der Waals surface area contributed by atoms with E-state index in [1.807, 2.05) is 6.92 Å². The zero-order valence-corrected chi connectivity index (χ0v) is 13.0. The lowest BCUT2D eigenvalue weighted by Gasteiger charge is -2.59. The molecule has 0 saturated carbocycles. The van der Waals surface area contributed by atoms with E-state index in [2.05, 4.69) is 39.2 Å². The summed E-state index contributed by atoms with van der Waals surface area (Å²) in [4.78, 5) is 12.3. The van der Waals surface area contributed by atoms with Gasteiger partial charge in [0, 0.05) is 5.88 Å². The molecule has 0 aliphatic carbocycles. The molecule has 16 heavy (non-hydrogen) atoms. The summed E-state index contributed by atoms with van der Waals surface area (Å²) in [6.45, 7) is 13.3. The Hall–Kier alpha value is 0.137. The van der Waals surface area contributed by atoms with Gasteiger partial charge in [-0.2, -0.15) is 0 Å². The third kappa shape index (κ3) is 1.77. The highest BCUT2D eigenvalue weighted by Crippen LogP contribution is 2.47. The number of hydrogen-bond donors (Lipinski definition) is 1. The van der Waals surface area contributed by atoms with E-state index in [-0.39, 0.29) is 16.2 Å². The molecule has 0 radical (unpaired) electrons. The predicted octanol–water partition coefficient (Wildman–Crippen LogP) is 2.96. The fourth-order valence-corrected chi connectivity index (χ4v) is 6.46. The van der Waals surface area contributed by atoms with Crippen LogP contribution >= 0.6 is 11.6 Å². The van der Waals surface area contributed by atoms with Gasteiger partial charge in [-0.15, -0.1) is 11.6 Å². The molecule has 1 rings (SSSR count). The second-order valence-electron chi connectivity index (χ2n) is 6.45. The Morgan fingerprint density at radius 2 is 1.94 bits per heavy atom. The van der Waals surface area contributed by atoms with E-state index in [1.54, 1.807) is 0 Å². The molecule has 0 aromatic heterocycles. The third-order valence-electron chi connectivity index (χ3n) is 4.69. The number of halogens is 1. The lowest BCUT2D eigenvalue weighted by molar-refractivity contribution is -0.132. The maximum absolute atomic E-state index is 12.3. The van der Waals surface area contributed by atoms with Gasteiger partial charge in [0.1, 0.15) is 0 Å². The van der Waals surface area contributed by atoms with Gasteiger partial charge in [0.05, 0.1) is 19.3 Å². The molecule has 1 heterocycles. The number of nitrogens with one attached hydrogen (secondary N) is 1. The summed E-state index contributed by atoms with van der Waals surface area (Å²) in [5.41, 5.74) is 0. The molecule has 0 spiro atoms. The monoisotopic (exact) mass is 261 g/mol. The number of Topliss-reactive ketones (excluding diaryl/α,β-unsaturated/α-hetero) is 1. The van der Waals surface area contributed by atoms with Crippen molar-refractivity contribution >= 4 is 25.5 Å². The molecule has 1 aliphatic heterocycles. The van der Waals surface area contributed by atoms with Crippen LogP contribution in [0.2, 0.25) is 18.1 Å². The van der Waals surface area contributed by atoms with Crippen molar-refractivity contribution in [3.63, 3.8) is 0 Å². The molecule has 1 fully saturated rings. The Kier molecular flexibility index (Phi) is 3.65. The summed E-state index contributed by atoms with van der Waals surface area (Å²) >= 11 is 5.90. The van der Waals surface area contributed by atoms with Crippen molar-refractivity contribution in [1.29, 1.82) is 0 Å². The molecule has 0 amide bonds. The average molecular weight is 262 g/mol. The fourth-order valence-electron chi connectivity index (χ4n) is 2.58. The Morgan fingerprint density at radius 1 is 1.44 bits per heavy atom. The van der Waals surface area contributed by atoms with E-state index in [0.29, 0.717) is 11.7 Å². The predicted molar refractivity (Wildman–Crippen MR) is 72.9 cm³/mol. The lowest BCUT2D eigenvalue weighted by Crippen LogP contribution is -2.83. The first-order chi connectivity index (χ1) is 7.10. The van der Waals surface area contributed by atoms with E-state index in [4.69, 9.17) is 11.6 Å². The first kappa shape index (κ1) is 14.2. The largest absolute Gasteiger partial charge is 0.298 e. The summed E-state index contributed by atoms with van der Waals surface area (Å²) in [6.07, 6.45) is 0.772. The normalized spacial score (nSPS) is 31.4. The summed E-state index contributed by atoms with van der Waals surface area (Å²) in [5.74, 6) is 0.928. The van der Waals surface area contributed by atoms with Crippen LogP contribution in [0.1, 0.15) is 34.1 Å². The van der Waals surface area contributed by atoms with Crippen molar-refractivity contribution in [3.05, 3.63) is 0 Å². The number of alkyl halides is 1. The van der Waals surface area contributed by atoms with E-state index in [1.165, 1.54) is 0 Å². The minimum Gasteiger partial charge on any atom is -0.298 e. The van der Waals surface area contributed by atoms with Gasteiger partial charge in [-0.1, -0.05) is 33.9 Å². The van der Waals surface area contributed by atoms with Crippen LogP contribution in [0.25, 0.3) is 0 Å². The first-order valence-corrected chi connectivity index (χ1v) is 9.51. The fraction of sp³-hybridized carbons (Fsp3) is 0.917. The van der Waals surface area contributed by atoms with Gasteiger partial charge in [-0.3, -0.25) is 10.1 Å². The Labute approximate surface area is 105 Å². The molecule has 0 unspecified atom stereocenters. The molecule has 0 bridgehead atoms. The number of hydrogen-bond acceptors (Lipinski definition) is 2. The zero-order chi connectivity index (χ0) is 12.8. The van der Waals surface area contributed by atoms with Crippen molar-refractivity contribution in [3.8, 4) is 0 Å². The van der Waals surface area contributed by atoms with Crippen molar-refractivity contribution in [2.75, 3.05) is 5.88 Å². The summed E-state index contributed by atoms with van der Waals surface area (Å²) in [7, 11) is -1.74. The third-order valence-corrected chi connectivity index (χ3v) is 11.4. The van der Waals surface area contributed by atoms with E-state index in [9.17, 15) is 4.79 Å². The Balaban J connectivity index is 3.10. The maximum atomic E-state index is 12.3. The molecular formula is C12H24ClNOSi. The standard InChI is InChI=1S/C12H24ClNOSi/c1-9-10(15)12(14-9,7-8-13)16(5,6)11(2,3)4/h9,14H,7-8H2,1-6H3/t9-,12-/m1/s1. The number of ketones is 1. The van der Waals surface area contributed by atoms with Crippen LogP contribution in [-0.2, 0) is 4.79 Å². The van der Waals surface area contributed by atoms with Crippen LogP contribution in [-0.4, -0.2) is 30.9 Å². The highest BCUT2D eigenvalue weighted by Gasteiger charge is 2.63.